The number of carbonyl (C=O) groups excluding carboxylic acids is 1. The summed E-state index contributed by atoms with van der Waals surface area (Å²) in [7, 11) is 0. The molecule has 1 aromatic carbocycles. The van der Waals surface area contributed by atoms with Crippen LogP contribution in [0.15, 0.2) is 57.9 Å². The van der Waals surface area contributed by atoms with E-state index in [1.807, 2.05) is 31.2 Å². The number of ether oxygens (including phenoxy) is 1. The van der Waals surface area contributed by atoms with Crippen molar-refractivity contribution in [1.82, 2.24) is 10.3 Å². The molecule has 0 fully saturated rings. The number of hydrogen-bond acceptors (Lipinski definition) is 6. The third-order valence-electron chi connectivity index (χ3n) is 4.58. The van der Waals surface area contributed by atoms with E-state index < -0.39 is 0 Å². The zero-order valence-electron chi connectivity index (χ0n) is 16.3. The molecule has 4 rings (SSSR count). The normalized spacial score (nSPS) is 15.2. The van der Waals surface area contributed by atoms with Crippen molar-refractivity contribution in [3.63, 3.8) is 0 Å². The number of fused-ring (bicyclic) bond motifs is 1. The zero-order chi connectivity index (χ0) is 20.2. The minimum atomic E-state index is -0.183. The van der Waals surface area contributed by atoms with Gasteiger partial charge in [0.05, 0.1) is 23.6 Å². The van der Waals surface area contributed by atoms with Gasteiger partial charge >= 0.3 is 0 Å². The van der Waals surface area contributed by atoms with Gasteiger partial charge in [-0.25, -0.2) is 0 Å². The quantitative estimate of drug-likeness (QED) is 0.574. The van der Waals surface area contributed by atoms with Crippen molar-refractivity contribution in [2.24, 2.45) is 4.99 Å². The monoisotopic (exact) mass is 423 g/mol. The minimum absolute atomic E-state index is 0.183. The molecule has 0 bridgehead atoms. The number of aromatic nitrogens is 1. The van der Waals surface area contributed by atoms with E-state index in [9.17, 15) is 4.79 Å². The molecule has 3 aromatic rings. The van der Waals surface area contributed by atoms with Gasteiger partial charge < -0.3 is 10.1 Å². The summed E-state index contributed by atoms with van der Waals surface area (Å²) < 4.78 is 5.71. The molecule has 29 heavy (non-hydrogen) atoms. The first-order valence-electron chi connectivity index (χ1n) is 9.42. The highest BCUT2D eigenvalue weighted by molar-refractivity contribution is 8.18. The van der Waals surface area contributed by atoms with Gasteiger partial charge in [0, 0.05) is 16.5 Å². The summed E-state index contributed by atoms with van der Waals surface area (Å²) in [5.41, 5.74) is 3.26. The van der Waals surface area contributed by atoms with E-state index in [0.717, 1.165) is 22.2 Å². The fraction of sp³-hybridized carbons (Fsp3) is 0.227. The molecule has 0 radical (unpaired) electrons. The van der Waals surface area contributed by atoms with Crippen LogP contribution in [0.3, 0.4) is 0 Å². The number of thioether (sulfide) groups is 1. The van der Waals surface area contributed by atoms with E-state index in [2.05, 4.69) is 39.7 Å². The lowest BCUT2D eigenvalue weighted by molar-refractivity contribution is -0.113. The molecule has 2 aromatic heterocycles. The number of nitrogens with zero attached hydrogens (tertiary/aromatic N) is 2. The molecule has 148 valence electrons. The number of allylic oxidation sites excluding steroid dienone is 1. The van der Waals surface area contributed by atoms with Crippen LogP contribution in [0.1, 0.15) is 22.9 Å². The van der Waals surface area contributed by atoms with E-state index >= 15 is 0 Å². The van der Waals surface area contributed by atoms with E-state index in [1.165, 1.54) is 22.2 Å². The van der Waals surface area contributed by atoms with Crippen molar-refractivity contribution in [2.75, 3.05) is 6.61 Å². The Morgan fingerprint density at radius 1 is 1.24 bits per heavy atom. The van der Waals surface area contributed by atoms with Crippen LogP contribution in [0.25, 0.3) is 10.9 Å². The molecule has 0 atom stereocenters. The number of rotatable bonds is 6. The maximum absolute atomic E-state index is 12.2. The van der Waals surface area contributed by atoms with E-state index in [4.69, 9.17) is 4.74 Å². The minimum Gasteiger partial charge on any atom is -0.493 e. The Morgan fingerprint density at radius 3 is 2.93 bits per heavy atom. The Hall–Kier alpha value is -2.64. The largest absolute Gasteiger partial charge is 0.493 e. The SMILES string of the molecule is CCOc1ccnc2ccc(C/C=C3\SC(NCc4sccc4C)=NC3=O)cc12. The highest BCUT2D eigenvalue weighted by atomic mass is 32.2. The van der Waals surface area contributed by atoms with Crippen LogP contribution in [0.4, 0.5) is 0 Å². The van der Waals surface area contributed by atoms with Crippen LogP contribution >= 0.6 is 23.1 Å². The van der Waals surface area contributed by atoms with Gasteiger partial charge in [-0.2, -0.15) is 4.99 Å². The summed E-state index contributed by atoms with van der Waals surface area (Å²) in [6, 6.07) is 10.1. The molecular formula is C22H21N3O2S2. The fourth-order valence-corrected chi connectivity index (χ4v) is 4.68. The first-order valence-corrected chi connectivity index (χ1v) is 11.1. The van der Waals surface area contributed by atoms with Crippen molar-refractivity contribution in [2.45, 2.75) is 26.8 Å². The lowest BCUT2D eigenvalue weighted by atomic mass is 10.1. The second-order valence-electron chi connectivity index (χ2n) is 6.57. The number of aryl methyl sites for hydroxylation is 1. The number of hydrogen-bond donors (Lipinski definition) is 1. The van der Waals surface area contributed by atoms with Crippen LogP contribution in [-0.2, 0) is 17.8 Å². The number of pyridine rings is 1. The van der Waals surface area contributed by atoms with Gasteiger partial charge in [-0.3, -0.25) is 9.78 Å². The molecular weight excluding hydrogens is 402 g/mol. The van der Waals surface area contributed by atoms with Gasteiger partial charge in [0.25, 0.3) is 5.91 Å². The van der Waals surface area contributed by atoms with E-state index in [0.29, 0.717) is 29.6 Å². The topological polar surface area (TPSA) is 63.6 Å². The Kier molecular flexibility index (Phi) is 5.97. The molecule has 0 aliphatic carbocycles. The number of thiophene rings is 1. The first-order chi connectivity index (χ1) is 14.1. The van der Waals surface area contributed by atoms with Crippen LogP contribution in [0.5, 0.6) is 5.75 Å². The summed E-state index contributed by atoms with van der Waals surface area (Å²) in [5, 5.41) is 6.99. The maximum Gasteiger partial charge on any atom is 0.285 e. The third kappa shape index (κ3) is 4.52. The van der Waals surface area contributed by atoms with Crippen molar-refractivity contribution < 1.29 is 9.53 Å². The lowest BCUT2D eigenvalue weighted by Crippen LogP contribution is -2.17. The third-order valence-corrected chi connectivity index (χ3v) is 6.59. The van der Waals surface area contributed by atoms with Gasteiger partial charge in [-0.1, -0.05) is 12.1 Å². The summed E-state index contributed by atoms with van der Waals surface area (Å²) in [4.78, 5) is 22.7. The maximum atomic E-state index is 12.2. The summed E-state index contributed by atoms with van der Waals surface area (Å²) >= 11 is 3.10. The molecule has 1 aliphatic heterocycles. The van der Waals surface area contributed by atoms with Gasteiger partial charge in [-0.15, -0.1) is 11.3 Å². The van der Waals surface area contributed by atoms with Crippen molar-refractivity contribution >= 4 is 45.1 Å². The molecule has 1 aliphatic rings. The Labute approximate surface area is 177 Å². The molecule has 3 heterocycles. The summed E-state index contributed by atoms with van der Waals surface area (Å²) in [5.74, 6) is 0.648. The number of benzene rings is 1. The molecule has 1 N–H and O–H groups in total. The van der Waals surface area contributed by atoms with Crippen molar-refractivity contribution in [1.29, 1.82) is 0 Å². The summed E-state index contributed by atoms with van der Waals surface area (Å²) in [6.07, 6.45) is 4.35. The van der Waals surface area contributed by atoms with Gasteiger partial charge in [0.1, 0.15) is 5.75 Å². The number of carbonyl (C=O) groups is 1. The number of aliphatic imine (C=N–C) groups is 1. The summed E-state index contributed by atoms with van der Waals surface area (Å²) in [6.45, 7) is 5.35. The predicted octanol–water partition coefficient (Wildman–Crippen LogP) is 4.85. The lowest BCUT2D eigenvalue weighted by Gasteiger charge is -2.08. The van der Waals surface area contributed by atoms with Crippen LogP contribution in [0.2, 0.25) is 0 Å². The number of amidine groups is 1. The second-order valence-corrected chi connectivity index (χ2v) is 8.60. The molecule has 0 spiro atoms. The average molecular weight is 424 g/mol. The highest BCUT2D eigenvalue weighted by Gasteiger charge is 2.21. The second kappa shape index (κ2) is 8.80. The Bertz CT molecular complexity index is 1120. The standard InChI is InChI=1S/C22H21N3O2S2/c1-3-27-18-8-10-23-17-6-4-15(12-16(17)18)5-7-19-21(26)25-22(29-19)24-13-20-14(2)9-11-28-20/h4,6-12H,3,5,13H2,1-2H3,(H,24,25,26)/b19-7-. The molecule has 0 saturated carbocycles. The molecule has 0 unspecified atom stereocenters. The fourth-order valence-electron chi connectivity index (χ4n) is 3.05. The highest BCUT2D eigenvalue weighted by Crippen LogP contribution is 2.28. The van der Waals surface area contributed by atoms with Gasteiger partial charge in [0.2, 0.25) is 0 Å². The van der Waals surface area contributed by atoms with Crippen LogP contribution in [-0.4, -0.2) is 22.7 Å². The Balaban J connectivity index is 1.43. The van der Waals surface area contributed by atoms with Crippen molar-refractivity contribution in [3.05, 3.63) is 68.9 Å². The van der Waals surface area contributed by atoms with E-state index in [1.54, 1.807) is 17.5 Å². The van der Waals surface area contributed by atoms with E-state index in [-0.39, 0.29) is 5.91 Å². The molecule has 0 saturated heterocycles. The number of nitrogens with one attached hydrogen (secondary N) is 1. The zero-order valence-corrected chi connectivity index (χ0v) is 17.9. The van der Waals surface area contributed by atoms with Crippen LogP contribution < -0.4 is 10.1 Å². The van der Waals surface area contributed by atoms with Gasteiger partial charge in [-0.05, 0) is 72.8 Å². The van der Waals surface area contributed by atoms with Crippen molar-refractivity contribution in [3.8, 4) is 5.75 Å². The molecule has 7 heteroatoms. The molecule has 5 nitrogen and oxygen atoms in total. The average Bonchev–Trinajstić information content (AvgIpc) is 3.30. The van der Waals surface area contributed by atoms with Crippen LogP contribution in [0, 0.1) is 6.92 Å². The smallest absolute Gasteiger partial charge is 0.285 e. The molecule has 1 amide bonds. The number of amides is 1. The predicted molar refractivity (Wildman–Crippen MR) is 121 cm³/mol. The Morgan fingerprint density at radius 2 is 2.14 bits per heavy atom. The van der Waals surface area contributed by atoms with Gasteiger partial charge in [0.15, 0.2) is 5.17 Å². The first kappa shape index (κ1) is 19.7.